The second-order valence-corrected chi connectivity index (χ2v) is 3.97. The minimum absolute atomic E-state index is 0.0791. The Hall–Kier alpha value is -1.06. The molecule has 2 N–H and O–H groups in total. The Morgan fingerprint density at radius 3 is 2.67 bits per heavy atom. The fourth-order valence-electron chi connectivity index (χ4n) is 1.23. The Morgan fingerprint density at radius 1 is 1.40 bits per heavy atom. The summed E-state index contributed by atoms with van der Waals surface area (Å²) in [7, 11) is 0. The van der Waals surface area contributed by atoms with Crippen molar-refractivity contribution in [2.24, 2.45) is 0 Å². The highest BCUT2D eigenvalue weighted by molar-refractivity contribution is 14.1. The molecule has 0 aliphatic heterocycles. The van der Waals surface area contributed by atoms with E-state index >= 15 is 0 Å². The van der Waals surface area contributed by atoms with E-state index in [0.717, 1.165) is 0 Å². The molecule has 0 bridgehead atoms. The molecule has 4 nitrogen and oxygen atoms in total. The Labute approximate surface area is 94.0 Å². The van der Waals surface area contributed by atoms with E-state index in [1.807, 2.05) is 0 Å². The minimum Gasteiger partial charge on any atom is -0.317 e. The molecule has 80 valence electrons. The molecule has 0 fully saturated rings. The fourth-order valence-corrected chi connectivity index (χ4v) is 1.79. The predicted octanol–water partition coefficient (Wildman–Crippen LogP) is 1.87. The second-order valence-electron chi connectivity index (χ2n) is 2.81. The first-order valence-electron chi connectivity index (χ1n) is 3.73. The number of hydrogen-bond donors (Lipinski definition) is 2. The van der Waals surface area contributed by atoms with Crippen molar-refractivity contribution in [3.63, 3.8) is 0 Å². The largest absolute Gasteiger partial charge is 0.435 e. The van der Waals surface area contributed by atoms with Gasteiger partial charge in [0.05, 0.1) is 14.6 Å². The molecule has 0 spiro atoms. The Kier molecular flexibility index (Phi) is 2.24. The van der Waals surface area contributed by atoms with E-state index in [4.69, 9.17) is 0 Å². The number of hydrogen-bond acceptors (Lipinski definition) is 2. The number of rotatable bonds is 0. The average Bonchev–Trinajstić information content (AvgIpc) is 2.45. The summed E-state index contributed by atoms with van der Waals surface area (Å²) in [5, 5.41) is 4.82. The number of aromatic nitrogens is 3. The van der Waals surface area contributed by atoms with Crippen LogP contribution >= 0.6 is 22.6 Å². The van der Waals surface area contributed by atoms with Gasteiger partial charge in [0.1, 0.15) is 0 Å². The molecule has 0 aliphatic carbocycles. The molecule has 0 radical (unpaired) electrons. The highest BCUT2D eigenvalue weighted by atomic mass is 127. The monoisotopic (exact) mass is 329 g/mol. The number of alkyl halides is 3. The van der Waals surface area contributed by atoms with Crippen LogP contribution in [-0.4, -0.2) is 15.2 Å². The Bertz CT molecular complexity index is 571. The minimum atomic E-state index is -4.63. The van der Waals surface area contributed by atoms with Gasteiger partial charge in [0, 0.05) is 0 Å². The van der Waals surface area contributed by atoms with Crippen molar-refractivity contribution in [2.45, 2.75) is 6.18 Å². The first-order valence-corrected chi connectivity index (χ1v) is 4.81. The lowest BCUT2D eigenvalue weighted by molar-refractivity contribution is -0.140. The summed E-state index contributed by atoms with van der Waals surface area (Å²) in [6.07, 6.45) is -4.63. The lowest BCUT2D eigenvalue weighted by Gasteiger charge is -2.01. The lowest BCUT2D eigenvalue weighted by Crippen LogP contribution is -2.13. The van der Waals surface area contributed by atoms with Crippen LogP contribution in [-0.2, 0) is 6.18 Å². The van der Waals surface area contributed by atoms with Crippen LogP contribution in [0.25, 0.3) is 10.9 Å². The van der Waals surface area contributed by atoms with Crippen LogP contribution in [0.5, 0.6) is 0 Å². The van der Waals surface area contributed by atoms with Gasteiger partial charge < -0.3 is 4.98 Å². The van der Waals surface area contributed by atoms with Crippen LogP contribution in [0.1, 0.15) is 5.69 Å². The van der Waals surface area contributed by atoms with E-state index < -0.39 is 22.8 Å². The van der Waals surface area contributed by atoms with Crippen LogP contribution in [0.15, 0.2) is 10.9 Å². The molecule has 0 aliphatic rings. The van der Waals surface area contributed by atoms with Crippen molar-refractivity contribution >= 4 is 33.5 Å². The Morgan fingerprint density at radius 2 is 2.07 bits per heavy atom. The molecule has 0 saturated carbocycles. The fraction of sp³-hybridized carbons (Fsp3) is 0.143. The first kappa shape index (κ1) is 10.5. The van der Waals surface area contributed by atoms with Crippen molar-refractivity contribution in [3.8, 4) is 0 Å². The van der Waals surface area contributed by atoms with Gasteiger partial charge in [-0.2, -0.15) is 18.3 Å². The van der Waals surface area contributed by atoms with E-state index in [1.165, 1.54) is 6.07 Å². The highest BCUT2D eigenvalue weighted by Gasteiger charge is 2.37. The molecule has 2 aromatic heterocycles. The van der Waals surface area contributed by atoms with Crippen LogP contribution < -0.4 is 5.56 Å². The van der Waals surface area contributed by atoms with Gasteiger partial charge in [-0.1, -0.05) is 0 Å². The van der Waals surface area contributed by atoms with E-state index in [0.29, 0.717) is 3.70 Å². The van der Waals surface area contributed by atoms with Crippen molar-refractivity contribution in [3.05, 3.63) is 25.8 Å². The topological polar surface area (TPSA) is 61.5 Å². The molecule has 2 rings (SSSR count). The molecule has 15 heavy (non-hydrogen) atoms. The van der Waals surface area contributed by atoms with E-state index in [2.05, 4.69) is 15.2 Å². The maximum Gasteiger partial charge on any atom is 0.435 e. The zero-order chi connectivity index (χ0) is 11.2. The molecule has 0 atom stereocenters. The molecule has 0 saturated heterocycles. The van der Waals surface area contributed by atoms with Crippen molar-refractivity contribution in [1.29, 1.82) is 0 Å². The zero-order valence-electron chi connectivity index (χ0n) is 6.94. The van der Waals surface area contributed by atoms with Crippen LogP contribution in [0.4, 0.5) is 13.2 Å². The maximum atomic E-state index is 12.4. The average molecular weight is 329 g/mol. The SMILES string of the molecule is O=c1[nH]c(I)cc2[nH]nc(C(F)(F)F)c12. The first-order chi connectivity index (χ1) is 6.89. The van der Waals surface area contributed by atoms with Crippen molar-refractivity contribution < 1.29 is 13.2 Å². The van der Waals surface area contributed by atoms with Crippen molar-refractivity contribution in [1.82, 2.24) is 15.2 Å². The summed E-state index contributed by atoms with van der Waals surface area (Å²) in [6.45, 7) is 0. The van der Waals surface area contributed by atoms with Crippen LogP contribution in [0.3, 0.4) is 0 Å². The third-order valence-electron chi connectivity index (χ3n) is 1.79. The molecular weight excluding hydrogens is 326 g/mol. The summed E-state index contributed by atoms with van der Waals surface area (Å²) < 4.78 is 37.6. The lowest BCUT2D eigenvalue weighted by atomic mass is 10.2. The van der Waals surface area contributed by atoms with Gasteiger partial charge in [-0.15, -0.1) is 0 Å². The summed E-state index contributed by atoms with van der Waals surface area (Å²) in [4.78, 5) is 13.6. The van der Waals surface area contributed by atoms with Crippen LogP contribution in [0, 0.1) is 3.70 Å². The zero-order valence-corrected chi connectivity index (χ0v) is 9.10. The predicted molar refractivity (Wildman–Crippen MR) is 54.4 cm³/mol. The van der Waals surface area contributed by atoms with Gasteiger partial charge in [0.2, 0.25) is 0 Å². The van der Waals surface area contributed by atoms with Gasteiger partial charge in [-0.25, -0.2) is 0 Å². The molecule has 8 heteroatoms. The summed E-state index contributed by atoms with van der Waals surface area (Å²) in [6, 6.07) is 1.39. The smallest absolute Gasteiger partial charge is 0.317 e. The van der Waals surface area contributed by atoms with Gasteiger partial charge in [0.25, 0.3) is 5.56 Å². The quantitative estimate of drug-likeness (QED) is 0.573. The van der Waals surface area contributed by atoms with Crippen molar-refractivity contribution in [2.75, 3.05) is 0 Å². The van der Waals surface area contributed by atoms with E-state index in [-0.39, 0.29) is 5.52 Å². The molecular formula is C7H3F3IN3O. The number of nitrogens with zero attached hydrogens (tertiary/aromatic N) is 1. The standard InChI is InChI=1S/C7H3F3IN3O/c8-7(9,10)5-4-2(13-14-5)1-3(11)12-6(4)15/h1H,(H,12,15)(H,13,14). The summed E-state index contributed by atoms with van der Waals surface area (Å²) in [5.74, 6) is 0. The van der Waals surface area contributed by atoms with Crippen LogP contribution in [0.2, 0.25) is 0 Å². The second kappa shape index (κ2) is 3.22. The molecule has 0 aromatic carbocycles. The summed E-state index contributed by atoms with van der Waals surface area (Å²) in [5.41, 5.74) is -1.90. The number of aromatic amines is 2. The van der Waals surface area contributed by atoms with E-state index in [9.17, 15) is 18.0 Å². The molecule has 2 heterocycles. The Balaban J connectivity index is 2.87. The molecule has 0 amide bonds. The number of fused-ring (bicyclic) bond motifs is 1. The van der Waals surface area contributed by atoms with Gasteiger partial charge in [-0.3, -0.25) is 9.89 Å². The van der Waals surface area contributed by atoms with Gasteiger partial charge in [-0.05, 0) is 28.7 Å². The summed E-state index contributed by atoms with van der Waals surface area (Å²) >= 11 is 1.80. The van der Waals surface area contributed by atoms with Gasteiger partial charge in [0.15, 0.2) is 5.69 Å². The maximum absolute atomic E-state index is 12.4. The van der Waals surface area contributed by atoms with Gasteiger partial charge >= 0.3 is 6.18 Å². The number of pyridine rings is 1. The molecule has 0 unspecified atom stereocenters. The normalized spacial score (nSPS) is 12.3. The number of nitrogens with one attached hydrogen (secondary N) is 2. The highest BCUT2D eigenvalue weighted by Crippen LogP contribution is 2.31. The molecule has 2 aromatic rings. The number of halogens is 4. The third-order valence-corrected chi connectivity index (χ3v) is 2.37. The number of H-pyrrole nitrogens is 2. The van der Waals surface area contributed by atoms with E-state index in [1.54, 1.807) is 22.6 Å². The third kappa shape index (κ3) is 1.73.